The van der Waals surface area contributed by atoms with Gasteiger partial charge in [-0.1, -0.05) is 6.07 Å². The Labute approximate surface area is 109 Å². The Bertz CT molecular complexity index is 362. The van der Waals surface area contributed by atoms with Gasteiger partial charge in [-0.05, 0) is 39.0 Å². The number of likely N-dealkylation sites (tertiary alicyclic amines) is 1. The number of nitrogens with two attached hydrogens (primary N) is 1. The first-order valence-corrected chi connectivity index (χ1v) is 6.61. The van der Waals surface area contributed by atoms with Crippen LogP contribution >= 0.6 is 0 Å². The van der Waals surface area contributed by atoms with Crippen LogP contribution in [0.25, 0.3) is 0 Å². The minimum Gasteiger partial charge on any atom is -0.308 e. The number of nitrogens with one attached hydrogen (secondary N) is 1. The highest BCUT2D eigenvalue weighted by atomic mass is 15.3. The van der Waals surface area contributed by atoms with Crippen LogP contribution in [0.4, 0.5) is 5.82 Å². The van der Waals surface area contributed by atoms with Crippen LogP contribution in [0.5, 0.6) is 0 Å². The van der Waals surface area contributed by atoms with Crippen LogP contribution in [0.1, 0.15) is 18.4 Å². The first kappa shape index (κ1) is 13.3. The maximum absolute atomic E-state index is 5.46. The number of likely N-dealkylation sites (N-methyl/N-ethyl adjacent to an activating group) is 1. The van der Waals surface area contributed by atoms with Gasteiger partial charge in [-0.3, -0.25) is 0 Å². The fourth-order valence-electron chi connectivity index (χ4n) is 2.38. The number of nitrogens with zero attached hydrogens (tertiary/aromatic N) is 3. The van der Waals surface area contributed by atoms with Crippen LogP contribution in [-0.2, 0) is 6.54 Å². The monoisotopic (exact) mass is 249 g/mol. The average Bonchev–Trinajstić information content (AvgIpc) is 2.90. The van der Waals surface area contributed by atoms with Gasteiger partial charge in [0.2, 0.25) is 0 Å². The number of hydrogen-bond acceptors (Lipinski definition) is 5. The van der Waals surface area contributed by atoms with Crippen LogP contribution < -0.4 is 11.3 Å². The molecule has 100 valence electrons. The predicted molar refractivity (Wildman–Crippen MR) is 74.1 cm³/mol. The summed E-state index contributed by atoms with van der Waals surface area (Å²) >= 11 is 0. The third-order valence-corrected chi connectivity index (χ3v) is 3.46. The molecule has 1 fully saturated rings. The van der Waals surface area contributed by atoms with E-state index in [1.165, 1.54) is 25.9 Å². The minimum atomic E-state index is 0.769. The average molecular weight is 249 g/mol. The number of anilines is 1. The van der Waals surface area contributed by atoms with Gasteiger partial charge < -0.3 is 15.2 Å². The highest BCUT2D eigenvalue weighted by molar-refractivity contribution is 5.42. The van der Waals surface area contributed by atoms with Crippen molar-refractivity contribution >= 4 is 5.82 Å². The molecule has 0 radical (unpaired) electrons. The molecule has 0 bridgehead atoms. The van der Waals surface area contributed by atoms with E-state index < -0.39 is 0 Å². The second-order valence-electron chi connectivity index (χ2n) is 4.94. The summed E-state index contributed by atoms with van der Waals surface area (Å²) in [5.74, 6) is 6.23. The number of rotatable bonds is 6. The van der Waals surface area contributed by atoms with Gasteiger partial charge in [-0.2, -0.15) is 0 Å². The molecule has 1 aliphatic heterocycles. The lowest BCUT2D eigenvalue weighted by atomic mass is 10.2. The zero-order chi connectivity index (χ0) is 12.8. The molecule has 2 heterocycles. The third kappa shape index (κ3) is 3.66. The van der Waals surface area contributed by atoms with Gasteiger partial charge in [0.15, 0.2) is 0 Å². The summed E-state index contributed by atoms with van der Waals surface area (Å²) in [6.45, 7) is 5.63. The maximum Gasteiger partial charge on any atom is 0.144 e. The maximum atomic E-state index is 5.46. The van der Waals surface area contributed by atoms with Gasteiger partial charge in [0, 0.05) is 31.4 Å². The van der Waals surface area contributed by atoms with Gasteiger partial charge >= 0.3 is 0 Å². The van der Waals surface area contributed by atoms with Gasteiger partial charge in [0.25, 0.3) is 0 Å². The molecule has 0 aromatic carbocycles. The fraction of sp³-hybridized carbons (Fsp3) is 0.615. The number of pyridine rings is 1. The normalized spacial score (nSPS) is 16.4. The van der Waals surface area contributed by atoms with Crippen molar-refractivity contribution in [1.29, 1.82) is 0 Å². The summed E-state index contributed by atoms with van der Waals surface area (Å²) in [5.41, 5.74) is 3.79. The van der Waals surface area contributed by atoms with E-state index in [4.69, 9.17) is 5.84 Å². The molecule has 1 aromatic heterocycles. The van der Waals surface area contributed by atoms with Crippen LogP contribution in [0, 0.1) is 0 Å². The molecule has 0 atom stereocenters. The standard InChI is InChI=1S/C13H23N5/c1-17(9-10-18-7-2-3-8-18)11-12-5-4-6-15-13(12)16-14/h4-6H,2-3,7-11,14H2,1H3,(H,15,16). The summed E-state index contributed by atoms with van der Waals surface area (Å²) in [7, 11) is 2.14. The highest BCUT2D eigenvalue weighted by Crippen LogP contribution is 2.12. The van der Waals surface area contributed by atoms with Crippen molar-refractivity contribution in [2.45, 2.75) is 19.4 Å². The van der Waals surface area contributed by atoms with E-state index in [0.717, 1.165) is 31.0 Å². The zero-order valence-electron chi connectivity index (χ0n) is 11.1. The summed E-state index contributed by atoms with van der Waals surface area (Å²) in [6.07, 6.45) is 4.46. The lowest BCUT2D eigenvalue weighted by molar-refractivity contribution is 0.252. The Kier molecular flexibility index (Phi) is 4.92. The van der Waals surface area contributed by atoms with E-state index in [1.807, 2.05) is 6.07 Å². The molecule has 0 saturated carbocycles. The van der Waals surface area contributed by atoms with Crippen LogP contribution in [0.2, 0.25) is 0 Å². The SMILES string of the molecule is CN(CCN1CCCC1)Cc1cccnc1NN. The summed E-state index contributed by atoms with van der Waals surface area (Å²) in [6, 6.07) is 4.01. The Morgan fingerprint density at radius 2 is 2.22 bits per heavy atom. The molecule has 5 nitrogen and oxygen atoms in total. The summed E-state index contributed by atoms with van der Waals surface area (Å²) in [4.78, 5) is 9.06. The van der Waals surface area contributed by atoms with Crippen LogP contribution in [-0.4, -0.2) is 48.0 Å². The molecule has 5 heteroatoms. The Morgan fingerprint density at radius 3 is 2.94 bits per heavy atom. The number of hydrogen-bond donors (Lipinski definition) is 2. The molecule has 0 spiro atoms. The van der Waals surface area contributed by atoms with Crippen molar-refractivity contribution < 1.29 is 0 Å². The zero-order valence-corrected chi connectivity index (χ0v) is 11.1. The van der Waals surface area contributed by atoms with Crippen molar-refractivity contribution in [3.63, 3.8) is 0 Å². The number of aromatic nitrogens is 1. The third-order valence-electron chi connectivity index (χ3n) is 3.46. The molecule has 2 rings (SSSR count). The largest absolute Gasteiger partial charge is 0.308 e. The van der Waals surface area contributed by atoms with Crippen LogP contribution in [0.15, 0.2) is 18.3 Å². The Hall–Kier alpha value is -1.17. The quantitative estimate of drug-likeness (QED) is 0.579. The summed E-state index contributed by atoms with van der Waals surface area (Å²) in [5, 5.41) is 0. The molecule has 1 saturated heterocycles. The molecule has 1 aliphatic rings. The van der Waals surface area contributed by atoms with Crippen molar-refractivity contribution in [2.75, 3.05) is 38.7 Å². The topological polar surface area (TPSA) is 57.4 Å². The Balaban J connectivity index is 1.80. The molecule has 3 N–H and O–H groups in total. The highest BCUT2D eigenvalue weighted by Gasteiger charge is 2.12. The molecule has 0 unspecified atom stereocenters. The predicted octanol–water partition coefficient (Wildman–Crippen LogP) is 0.895. The molecule has 18 heavy (non-hydrogen) atoms. The first-order chi connectivity index (χ1) is 8.79. The lowest BCUT2D eigenvalue weighted by Crippen LogP contribution is -2.31. The fourth-order valence-corrected chi connectivity index (χ4v) is 2.38. The van der Waals surface area contributed by atoms with E-state index in [2.05, 4.69) is 33.3 Å². The smallest absolute Gasteiger partial charge is 0.144 e. The molecule has 0 aliphatic carbocycles. The lowest BCUT2D eigenvalue weighted by Gasteiger charge is -2.21. The van der Waals surface area contributed by atoms with Crippen molar-refractivity contribution in [3.8, 4) is 0 Å². The second-order valence-corrected chi connectivity index (χ2v) is 4.94. The number of nitrogen functional groups attached to an aromatic ring is 1. The molecule has 1 aromatic rings. The van der Waals surface area contributed by atoms with Gasteiger partial charge in [0.1, 0.15) is 5.82 Å². The molecular formula is C13H23N5. The van der Waals surface area contributed by atoms with E-state index in [9.17, 15) is 0 Å². The van der Waals surface area contributed by atoms with E-state index in [1.54, 1.807) is 6.20 Å². The van der Waals surface area contributed by atoms with Gasteiger partial charge in [-0.15, -0.1) is 0 Å². The van der Waals surface area contributed by atoms with Crippen LogP contribution in [0.3, 0.4) is 0 Å². The van der Waals surface area contributed by atoms with Gasteiger partial charge in [0.05, 0.1) is 0 Å². The van der Waals surface area contributed by atoms with E-state index >= 15 is 0 Å². The first-order valence-electron chi connectivity index (χ1n) is 6.61. The number of hydrazine groups is 1. The van der Waals surface area contributed by atoms with E-state index in [-0.39, 0.29) is 0 Å². The van der Waals surface area contributed by atoms with Crippen molar-refractivity contribution in [1.82, 2.24) is 14.8 Å². The van der Waals surface area contributed by atoms with E-state index in [0.29, 0.717) is 0 Å². The molecular weight excluding hydrogens is 226 g/mol. The summed E-state index contributed by atoms with van der Waals surface area (Å²) < 4.78 is 0. The van der Waals surface area contributed by atoms with Crippen molar-refractivity contribution in [2.24, 2.45) is 5.84 Å². The Morgan fingerprint density at radius 1 is 1.44 bits per heavy atom. The van der Waals surface area contributed by atoms with Crippen molar-refractivity contribution in [3.05, 3.63) is 23.9 Å². The van der Waals surface area contributed by atoms with Gasteiger partial charge in [-0.25, -0.2) is 10.8 Å². The minimum absolute atomic E-state index is 0.769. The molecule has 0 amide bonds. The second kappa shape index (κ2) is 6.68.